The van der Waals surface area contributed by atoms with E-state index in [0.29, 0.717) is 0 Å². The van der Waals surface area contributed by atoms with Gasteiger partial charge in [-0.05, 0) is 6.07 Å². The second-order valence-corrected chi connectivity index (χ2v) is 6.57. The zero-order valence-corrected chi connectivity index (χ0v) is 11.9. The molecule has 1 aliphatic rings. The van der Waals surface area contributed by atoms with Crippen molar-refractivity contribution in [3.63, 3.8) is 0 Å². The van der Waals surface area contributed by atoms with E-state index in [-0.39, 0.29) is 0 Å². The maximum atomic E-state index is 11.4. The predicted octanol–water partition coefficient (Wildman–Crippen LogP) is 2.08. The van der Waals surface area contributed by atoms with E-state index < -0.39 is 7.80 Å². The number of nitrogens with zero attached hydrogens (tertiary/aromatic N) is 1. The Balaban J connectivity index is 2.06. The third-order valence-electron chi connectivity index (χ3n) is 3.30. The van der Waals surface area contributed by atoms with Crippen LogP contribution in [0.2, 0.25) is 0 Å². The SMILES string of the molecule is COc1ccc(CN2CC[PH](=O)CC2)c(OC)c1. The first kappa shape index (κ1) is 13.4. The summed E-state index contributed by atoms with van der Waals surface area (Å²) in [7, 11) is 2.04. The second-order valence-electron chi connectivity index (χ2n) is 4.49. The number of methoxy groups -OCH3 is 2. The van der Waals surface area contributed by atoms with Crippen molar-refractivity contribution in [2.45, 2.75) is 6.54 Å². The number of rotatable bonds is 4. The van der Waals surface area contributed by atoms with E-state index in [1.807, 2.05) is 18.2 Å². The molecule has 0 aliphatic carbocycles. The summed E-state index contributed by atoms with van der Waals surface area (Å²) in [5, 5.41) is 0. The number of hydrogen-bond donors (Lipinski definition) is 0. The monoisotopic (exact) mass is 269 g/mol. The van der Waals surface area contributed by atoms with Crippen LogP contribution >= 0.6 is 7.80 Å². The molecule has 1 aromatic rings. The van der Waals surface area contributed by atoms with Gasteiger partial charge in [0.15, 0.2) is 0 Å². The Morgan fingerprint density at radius 2 is 1.94 bits per heavy atom. The fraction of sp³-hybridized carbons (Fsp3) is 0.538. The molecular formula is C13H20NO3P. The highest BCUT2D eigenvalue weighted by molar-refractivity contribution is 7.44. The summed E-state index contributed by atoms with van der Waals surface area (Å²) >= 11 is 0. The minimum atomic E-state index is -1.29. The zero-order valence-electron chi connectivity index (χ0n) is 10.9. The van der Waals surface area contributed by atoms with Crippen molar-refractivity contribution in [2.75, 3.05) is 39.6 Å². The first-order valence-corrected chi connectivity index (χ1v) is 8.00. The summed E-state index contributed by atoms with van der Waals surface area (Å²) in [6, 6.07) is 5.89. The molecule has 0 unspecified atom stereocenters. The van der Waals surface area contributed by atoms with Gasteiger partial charge >= 0.3 is 0 Å². The molecule has 0 aromatic heterocycles. The van der Waals surface area contributed by atoms with Crippen molar-refractivity contribution >= 4 is 7.80 Å². The van der Waals surface area contributed by atoms with Crippen LogP contribution in [0.3, 0.4) is 0 Å². The average molecular weight is 269 g/mol. The fourth-order valence-corrected chi connectivity index (χ4v) is 3.57. The van der Waals surface area contributed by atoms with E-state index >= 15 is 0 Å². The summed E-state index contributed by atoms with van der Waals surface area (Å²) in [4.78, 5) is 2.33. The maximum Gasteiger partial charge on any atom is 0.127 e. The lowest BCUT2D eigenvalue weighted by atomic mass is 10.1. The summed E-state index contributed by atoms with van der Waals surface area (Å²) in [5.41, 5.74) is 1.15. The highest BCUT2D eigenvalue weighted by Crippen LogP contribution is 2.29. The molecule has 100 valence electrons. The summed E-state index contributed by atoms with van der Waals surface area (Å²) in [6.45, 7) is 2.70. The van der Waals surface area contributed by atoms with Crippen LogP contribution in [0.1, 0.15) is 5.56 Å². The van der Waals surface area contributed by atoms with E-state index in [0.717, 1.165) is 49.0 Å². The molecule has 0 N–H and O–H groups in total. The van der Waals surface area contributed by atoms with E-state index in [1.54, 1.807) is 14.2 Å². The molecule has 1 aromatic carbocycles. The lowest BCUT2D eigenvalue weighted by Gasteiger charge is -2.26. The molecule has 1 aliphatic heterocycles. The van der Waals surface area contributed by atoms with Crippen molar-refractivity contribution in [1.82, 2.24) is 4.90 Å². The molecule has 5 heteroatoms. The van der Waals surface area contributed by atoms with Gasteiger partial charge in [-0.2, -0.15) is 0 Å². The lowest BCUT2D eigenvalue weighted by molar-refractivity contribution is 0.282. The Labute approximate surface area is 109 Å². The van der Waals surface area contributed by atoms with Crippen LogP contribution in [0, 0.1) is 0 Å². The average Bonchev–Trinajstić information content (AvgIpc) is 2.41. The van der Waals surface area contributed by atoms with Gasteiger partial charge in [0.05, 0.1) is 22.0 Å². The first-order valence-electron chi connectivity index (χ1n) is 6.18. The summed E-state index contributed by atoms with van der Waals surface area (Å²) < 4.78 is 22.0. The quantitative estimate of drug-likeness (QED) is 0.784. The van der Waals surface area contributed by atoms with Crippen molar-refractivity contribution in [1.29, 1.82) is 0 Å². The van der Waals surface area contributed by atoms with Crippen LogP contribution < -0.4 is 9.47 Å². The Hall–Kier alpha value is -0.990. The molecule has 18 heavy (non-hydrogen) atoms. The fourth-order valence-electron chi connectivity index (χ4n) is 2.18. The van der Waals surface area contributed by atoms with Crippen molar-refractivity contribution in [3.8, 4) is 11.5 Å². The molecule has 0 bridgehead atoms. The number of hydrogen-bond acceptors (Lipinski definition) is 4. The normalized spacial score (nSPS) is 17.7. The van der Waals surface area contributed by atoms with Gasteiger partial charge in [0.25, 0.3) is 0 Å². The molecule has 2 rings (SSSR count). The second kappa shape index (κ2) is 6.26. The van der Waals surface area contributed by atoms with Gasteiger partial charge in [0.2, 0.25) is 0 Å². The Kier molecular flexibility index (Phi) is 4.67. The highest BCUT2D eigenvalue weighted by atomic mass is 31.1. The molecule has 1 heterocycles. The molecule has 0 saturated carbocycles. The third kappa shape index (κ3) is 3.27. The predicted molar refractivity (Wildman–Crippen MR) is 73.6 cm³/mol. The molecule has 1 saturated heterocycles. The van der Waals surface area contributed by atoms with Crippen LogP contribution in [0.25, 0.3) is 0 Å². The van der Waals surface area contributed by atoms with Gasteiger partial charge in [-0.1, -0.05) is 6.07 Å². The molecule has 0 amide bonds. The third-order valence-corrected chi connectivity index (χ3v) is 4.86. The first-order chi connectivity index (χ1) is 8.72. The van der Waals surface area contributed by atoms with E-state index in [1.165, 1.54) is 0 Å². The van der Waals surface area contributed by atoms with Crippen molar-refractivity contribution < 1.29 is 14.0 Å². The van der Waals surface area contributed by atoms with E-state index in [4.69, 9.17) is 9.47 Å². The Morgan fingerprint density at radius 3 is 2.56 bits per heavy atom. The molecule has 1 fully saturated rings. The largest absolute Gasteiger partial charge is 0.497 e. The van der Waals surface area contributed by atoms with Crippen LogP contribution in [0.5, 0.6) is 11.5 Å². The smallest absolute Gasteiger partial charge is 0.127 e. The Morgan fingerprint density at radius 1 is 1.22 bits per heavy atom. The standard InChI is InChI=1S/C13H20NO3P/c1-16-12-4-3-11(13(9-12)17-2)10-14-5-7-18(15)8-6-14/h3-4,9,18H,5-8,10H2,1-2H3. The highest BCUT2D eigenvalue weighted by Gasteiger charge is 2.16. The Bertz CT molecular complexity index is 426. The molecule has 0 atom stereocenters. The van der Waals surface area contributed by atoms with Crippen molar-refractivity contribution in [2.24, 2.45) is 0 Å². The van der Waals surface area contributed by atoms with Gasteiger partial charge in [-0.3, -0.25) is 4.90 Å². The van der Waals surface area contributed by atoms with E-state index in [2.05, 4.69) is 4.90 Å². The molecule has 4 nitrogen and oxygen atoms in total. The number of benzene rings is 1. The van der Waals surface area contributed by atoms with Gasteiger partial charge in [0.1, 0.15) is 11.5 Å². The van der Waals surface area contributed by atoms with Crippen LogP contribution in [-0.2, 0) is 11.1 Å². The van der Waals surface area contributed by atoms with Gasteiger partial charge in [-0.25, -0.2) is 0 Å². The zero-order chi connectivity index (χ0) is 13.0. The van der Waals surface area contributed by atoms with E-state index in [9.17, 15) is 4.57 Å². The van der Waals surface area contributed by atoms with Gasteiger partial charge in [-0.15, -0.1) is 0 Å². The topological polar surface area (TPSA) is 38.8 Å². The lowest BCUT2D eigenvalue weighted by Crippen LogP contribution is -2.32. The summed E-state index contributed by atoms with van der Waals surface area (Å²) in [5.74, 6) is 1.66. The molecule has 0 spiro atoms. The number of ether oxygens (including phenoxy) is 2. The van der Waals surface area contributed by atoms with Crippen LogP contribution in [0.4, 0.5) is 0 Å². The molecule has 0 radical (unpaired) electrons. The maximum absolute atomic E-state index is 11.4. The minimum Gasteiger partial charge on any atom is -0.497 e. The van der Waals surface area contributed by atoms with Crippen molar-refractivity contribution in [3.05, 3.63) is 23.8 Å². The minimum absolute atomic E-state index is 0.805. The van der Waals surface area contributed by atoms with Crippen LogP contribution in [-0.4, -0.2) is 44.5 Å². The van der Waals surface area contributed by atoms with Gasteiger partial charge in [0, 0.05) is 43.6 Å². The molecular weight excluding hydrogens is 249 g/mol. The van der Waals surface area contributed by atoms with Gasteiger partial charge < -0.3 is 14.0 Å². The van der Waals surface area contributed by atoms with Crippen LogP contribution in [0.15, 0.2) is 18.2 Å². The summed E-state index contributed by atoms with van der Waals surface area (Å²) in [6.07, 6.45) is 1.70.